The van der Waals surface area contributed by atoms with Crippen LogP contribution in [0.15, 0.2) is 35.1 Å². The van der Waals surface area contributed by atoms with Crippen molar-refractivity contribution in [3.63, 3.8) is 0 Å². The predicted octanol–water partition coefficient (Wildman–Crippen LogP) is 3.21. The van der Waals surface area contributed by atoms with Crippen molar-refractivity contribution in [2.24, 2.45) is 10.9 Å². The zero-order valence-electron chi connectivity index (χ0n) is 10.9. The normalized spacial score (nSPS) is 17.9. The third-order valence-electron chi connectivity index (χ3n) is 3.13. The molecule has 1 aromatic heterocycles. The van der Waals surface area contributed by atoms with Crippen LogP contribution in [0.3, 0.4) is 0 Å². The minimum atomic E-state index is 0.149. The highest BCUT2D eigenvalue weighted by molar-refractivity contribution is 5.95. The van der Waals surface area contributed by atoms with Gasteiger partial charge in [0.15, 0.2) is 5.78 Å². The number of aliphatic imine (C=N–C) groups is 1. The van der Waals surface area contributed by atoms with Crippen LogP contribution in [0.25, 0.3) is 0 Å². The van der Waals surface area contributed by atoms with Crippen LogP contribution < -0.4 is 0 Å². The van der Waals surface area contributed by atoms with Gasteiger partial charge in [0.2, 0.25) is 0 Å². The quantitative estimate of drug-likeness (QED) is 0.744. The summed E-state index contributed by atoms with van der Waals surface area (Å²) in [5.74, 6) is 0.583. The molecule has 0 aliphatic carbocycles. The first-order valence-corrected chi connectivity index (χ1v) is 6.39. The molecule has 0 saturated carbocycles. The SMILES string of the molecule is CCC(=O)c1ccc(CCC2C=NC(C)=C2)nc1. The van der Waals surface area contributed by atoms with Crippen LogP contribution >= 0.6 is 0 Å². The van der Waals surface area contributed by atoms with E-state index in [1.54, 1.807) is 6.20 Å². The van der Waals surface area contributed by atoms with E-state index in [2.05, 4.69) is 16.1 Å². The summed E-state index contributed by atoms with van der Waals surface area (Å²) in [4.78, 5) is 20.1. The molecule has 0 amide bonds. The first kappa shape index (κ1) is 12.7. The zero-order chi connectivity index (χ0) is 13.0. The summed E-state index contributed by atoms with van der Waals surface area (Å²) in [6, 6.07) is 3.82. The van der Waals surface area contributed by atoms with Crippen LogP contribution in [-0.2, 0) is 6.42 Å². The number of carbonyl (C=O) groups excluding carboxylic acids is 1. The monoisotopic (exact) mass is 242 g/mol. The van der Waals surface area contributed by atoms with E-state index in [9.17, 15) is 4.79 Å². The predicted molar refractivity (Wildman–Crippen MR) is 72.9 cm³/mol. The molecule has 1 atom stereocenters. The van der Waals surface area contributed by atoms with Gasteiger partial charge >= 0.3 is 0 Å². The van der Waals surface area contributed by atoms with E-state index in [0.29, 0.717) is 17.9 Å². The largest absolute Gasteiger partial charge is 0.294 e. The van der Waals surface area contributed by atoms with E-state index < -0.39 is 0 Å². The van der Waals surface area contributed by atoms with E-state index in [-0.39, 0.29) is 5.78 Å². The lowest BCUT2D eigenvalue weighted by atomic mass is 10.0. The second kappa shape index (κ2) is 5.71. The Kier molecular flexibility index (Phi) is 4.03. The van der Waals surface area contributed by atoms with Crippen LogP contribution in [0, 0.1) is 5.92 Å². The molecule has 2 rings (SSSR count). The van der Waals surface area contributed by atoms with Gasteiger partial charge in [0.25, 0.3) is 0 Å². The number of carbonyl (C=O) groups is 1. The molecule has 3 nitrogen and oxygen atoms in total. The summed E-state index contributed by atoms with van der Waals surface area (Å²) < 4.78 is 0. The van der Waals surface area contributed by atoms with Gasteiger partial charge in [0, 0.05) is 41.7 Å². The maximum Gasteiger partial charge on any atom is 0.164 e. The van der Waals surface area contributed by atoms with Gasteiger partial charge in [-0.1, -0.05) is 13.0 Å². The highest BCUT2D eigenvalue weighted by Gasteiger charge is 2.09. The number of hydrogen-bond acceptors (Lipinski definition) is 3. The molecule has 1 aliphatic heterocycles. The van der Waals surface area contributed by atoms with Crippen LogP contribution in [-0.4, -0.2) is 17.0 Å². The van der Waals surface area contributed by atoms with Crippen molar-refractivity contribution < 1.29 is 4.79 Å². The Labute approximate surface area is 108 Å². The Hall–Kier alpha value is -1.77. The highest BCUT2D eigenvalue weighted by atomic mass is 16.1. The Bertz CT molecular complexity index is 486. The van der Waals surface area contributed by atoms with Crippen LogP contribution in [0.4, 0.5) is 0 Å². The molecule has 1 unspecified atom stereocenters. The maximum absolute atomic E-state index is 11.5. The lowest BCUT2D eigenvalue weighted by molar-refractivity contribution is 0.0988. The zero-order valence-corrected chi connectivity index (χ0v) is 10.9. The molecule has 0 saturated heterocycles. The minimum absolute atomic E-state index is 0.149. The van der Waals surface area contributed by atoms with E-state index in [4.69, 9.17) is 0 Å². The molecule has 0 fully saturated rings. The first-order chi connectivity index (χ1) is 8.69. The number of Topliss-reactive ketones (excluding diaryl/α,β-unsaturated/α-hetero) is 1. The Balaban J connectivity index is 1.91. The molecule has 0 N–H and O–H groups in total. The lowest BCUT2D eigenvalue weighted by Crippen LogP contribution is -2.02. The van der Waals surface area contributed by atoms with Gasteiger partial charge in [-0.2, -0.15) is 0 Å². The topological polar surface area (TPSA) is 42.3 Å². The Morgan fingerprint density at radius 2 is 2.22 bits per heavy atom. The van der Waals surface area contributed by atoms with E-state index in [0.717, 1.165) is 24.2 Å². The number of ketones is 1. The lowest BCUT2D eigenvalue weighted by Gasteiger charge is -2.04. The van der Waals surface area contributed by atoms with Gasteiger partial charge in [0.05, 0.1) is 0 Å². The number of hydrogen-bond donors (Lipinski definition) is 0. The second-order valence-corrected chi connectivity index (χ2v) is 4.60. The van der Waals surface area contributed by atoms with E-state index in [1.165, 1.54) is 0 Å². The maximum atomic E-state index is 11.5. The molecule has 3 heteroatoms. The van der Waals surface area contributed by atoms with Crippen LogP contribution in [0.5, 0.6) is 0 Å². The fourth-order valence-corrected chi connectivity index (χ4v) is 2.02. The molecule has 1 aromatic rings. The summed E-state index contributed by atoms with van der Waals surface area (Å²) >= 11 is 0. The standard InChI is InChI=1S/C15H18N2O/c1-3-15(18)13-5-7-14(17-10-13)6-4-12-8-11(2)16-9-12/h5,7-10,12H,3-4,6H2,1-2H3. The molecule has 1 aliphatic rings. The molecular weight excluding hydrogens is 224 g/mol. The Morgan fingerprint density at radius 3 is 2.78 bits per heavy atom. The molecule has 0 spiro atoms. The third kappa shape index (κ3) is 3.13. The van der Waals surface area contributed by atoms with Gasteiger partial charge in [-0.25, -0.2) is 0 Å². The number of allylic oxidation sites excluding steroid dienone is 2. The molecule has 0 aromatic carbocycles. The number of aromatic nitrogens is 1. The number of aryl methyl sites for hydroxylation is 1. The first-order valence-electron chi connectivity index (χ1n) is 6.39. The van der Waals surface area contributed by atoms with Crippen molar-refractivity contribution in [2.75, 3.05) is 0 Å². The van der Waals surface area contributed by atoms with Crippen molar-refractivity contribution >= 4 is 12.0 Å². The molecule has 0 bridgehead atoms. The average molecular weight is 242 g/mol. The van der Waals surface area contributed by atoms with E-state index in [1.807, 2.05) is 32.2 Å². The van der Waals surface area contributed by atoms with Gasteiger partial charge in [-0.3, -0.25) is 14.8 Å². The summed E-state index contributed by atoms with van der Waals surface area (Å²) in [5, 5.41) is 0. The minimum Gasteiger partial charge on any atom is -0.294 e. The van der Waals surface area contributed by atoms with Crippen molar-refractivity contribution in [1.29, 1.82) is 0 Å². The Morgan fingerprint density at radius 1 is 1.39 bits per heavy atom. The van der Waals surface area contributed by atoms with Crippen molar-refractivity contribution in [2.45, 2.75) is 33.1 Å². The summed E-state index contributed by atoms with van der Waals surface area (Å²) in [6.07, 6.45) is 8.32. The average Bonchev–Trinajstić information content (AvgIpc) is 2.82. The van der Waals surface area contributed by atoms with Gasteiger partial charge in [-0.15, -0.1) is 0 Å². The smallest absolute Gasteiger partial charge is 0.164 e. The highest BCUT2D eigenvalue weighted by Crippen LogP contribution is 2.16. The summed E-state index contributed by atoms with van der Waals surface area (Å²) in [6.45, 7) is 3.88. The van der Waals surface area contributed by atoms with Crippen molar-refractivity contribution in [3.8, 4) is 0 Å². The van der Waals surface area contributed by atoms with Gasteiger partial charge < -0.3 is 0 Å². The number of pyridine rings is 1. The van der Waals surface area contributed by atoms with Gasteiger partial charge in [0.1, 0.15) is 0 Å². The van der Waals surface area contributed by atoms with Crippen LogP contribution in [0.1, 0.15) is 42.7 Å². The van der Waals surface area contributed by atoms with Crippen LogP contribution in [0.2, 0.25) is 0 Å². The molecule has 94 valence electrons. The third-order valence-corrected chi connectivity index (χ3v) is 3.13. The fraction of sp³-hybridized carbons (Fsp3) is 0.400. The van der Waals surface area contributed by atoms with E-state index >= 15 is 0 Å². The second-order valence-electron chi connectivity index (χ2n) is 4.60. The summed E-state index contributed by atoms with van der Waals surface area (Å²) in [7, 11) is 0. The number of rotatable bonds is 5. The van der Waals surface area contributed by atoms with Gasteiger partial charge in [-0.05, 0) is 31.9 Å². The molecule has 0 radical (unpaired) electrons. The van der Waals surface area contributed by atoms with Crippen molar-refractivity contribution in [1.82, 2.24) is 4.98 Å². The van der Waals surface area contributed by atoms with Crippen molar-refractivity contribution in [3.05, 3.63) is 41.4 Å². The summed E-state index contributed by atoms with van der Waals surface area (Å²) in [5.41, 5.74) is 2.84. The number of nitrogens with zero attached hydrogens (tertiary/aromatic N) is 2. The molecular formula is C15H18N2O. The molecule has 2 heterocycles. The molecule has 18 heavy (non-hydrogen) atoms. The fourth-order valence-electron chi connectivity index (χ4n) is 2.02.